The second-order valence-corrected chi connectivity index (χ2v) is 9.73. The van der Waals surface area contributed by atoms with E-state index in [1.54, 1.807) is 36.5 Å². The number of para-hydroxylation sites is 3. The Bertz CT molecular complexity index is 896. The maximum atomic E-state index is 14.6. The van der Waals surface area contributed by atoms with Gasteiger partial charge in [0.25, 0.3) is 0 Å². The molecule has 0 aliphatic heterocycles. The van der Waals surface area contributed by atoms with Gasteiger partial charge in [-0.25, -0.2) is 4.98 Å². The van der Waals surface area contributed by atoms with E-state index in [9.17, 15) is 4.48 Å². The average molecular weight is 510 g/mol. The van der Waals surface area contributed by atoms with Gasteiger partial charge < -0.3 is 5.32 Å². The zero-order chi connectivity index (χ0) is 25.7. The summed E-state index contributed by atoms with van der Waals surface area (Å²) >= 11 is 0. The standard InChI is InChI=1S/C17H14FN3.C14H31P/c18-21(17-12-6-7-13-19-17)16-11-5-4-10-15(16)20-14-8-2-1-3-9-14;1-2-3-4-5-6-7-8-9-10-11-12-13-14-15/h1-13,20H;2-15H2,1H3. The van der Waals surface area contributed by atoms with Gasteiger partial charge in [-0.05, 0) is 49.0 Å². The smallest absolute Gasteiger partial charge is 0.163 e. The summed E-state index contributed by atoms with van der Waals surface area (Å²) in [5.74, 6) is 0.250. The Morgan fingerprint density at radius 2 is 1.25 bits per heavy atom. The number of hydrogen-bond donors (Lipinski definition) is 1. The summed E-state index contributed by atoms with van der Waals surface area (Å²) in [7, 11) is 2.81. The number of pyridine rings is 1. The van der Waals surface area contributed by atoms with Crippen LogP contribution in [0, 0.1) is 0 Å². The molecule has 3 rings (SSSR count). The number of unbranched alkanes of at least 4 members (excludes halogenated alkanes) is 11. The van der Waals surface area contributed by atoms with Gasteiger partial charge in [-0.2, -0.15) is 5.12 Å². The quantitative estimate of drug-likeness (QED) is 0.118. The minimum absolute atomic E-state index is 0.250. The third kappa shape index (κ3) is 12.5. The summed E-state index contributed by atoms with van der Waals surface area (Å²) in [4.78, 5) is 4.03. The van der Waals surface area contributed by atoms with Crippen LogP contribution in [-0.2, 0) is 0 Å². The van der Waals surface area contributed by atoms with E-state index in [0.29, 0.717) is 16.5 Å². The van der Waals surface area contributed by atoms with Gasteiger partial charge in [-0.15, -0.1) is 9.24 Å². The van der Waals surface area contributed by atoms with Gasteiger partial charge in [-0.3, -0.25) is 0 Å². The normalized spacial score (nSPS) is 10.4. The van der Waals surface area contributed by atoms with E-state index < -0.39 is 0 Å². The van der Waals surface area contributed by atoms with Crippen LogP contribution in [0.5, 0.6) is 0 Å². The van der Waals surface area contributed by atoms with E-state index in [-0.39, 0.29) is 5.82 Å². The van der Waals surface area contributed by atoms with Crippen molar-refractivity contribution in [2.24, 2.45) is 0 Å². The Morgan fingerprint density at radius 1 is 0.694 bits per heavy atom. The highest BCUT2D eigenvalue weighted by molar-refractivity contribution is 7.16. The van der Waals surface area contributed by atoms with E-state index in [1.165, 1.54) is 83.2 Å². The van der Waals surface area contributed by atoms with Crippen LogP contribution in [0.2, 0.25) is 0 Å². The van der Waals surface area contributed by atoms with Crippen molar-refractivity contribution in [1.29, 1.82) is 0 Å². The van der Waals surface area contributed by atoms with Crippen LogP contribution >= 0.6 is 9.24 Å². The highest BCUT2D eigenvalue weighted by Gasteiger charge is 2.13. The van der Waals surface area contributed by atoms with E-state index in [4.69, 9.17) is 0 Å². The lowest BCUT2D eigenvalue weighted by Crippen LogP contribution is -2.07. The number of anilines is 4. The van der Waals surface area contributed by atoms with E-state index in [0.717, 1.165) is 5.69 Å². The van der Waals surface area contributed by atoms with Crippen LogP contribution in [0.3, 0.4) is 0 Å². The van der Waals surface area contributed by atoms with Crippen LogP contribution in [0.1, 0.15) is 84.0 Å². The van der Waals surface area contributed by atoms with Crippen LogP contribution in [0.15, 0.2) is 79.0 Å². The van der Waals surface area contributed by atoms with Gasteiger partial charge in [-0.1, -0.05) is 118 Å². The first-order chi connectivity index (χ1) is 17.8. The lowest BCUT2D eigenvalue weighted by atomic mass is 10.1. The molecule has 2 aromatic carbocycles. The number of hydrogen-bond acceptors (Lipinski definition) is 3. The minimum atomic E-state index is 0.250. The van der Waals surface area contributed by atoms with Crippen LogP contribution in [0.4, 0.5) is 27.4 Å². The fraction of sp³-hybridized carbons (Fsp3) is 0.452. The lowest BCUT2D eigenvalue weighted by molar-refractivity contribution is 0.500. The molecule has 3 nitrogen and oxygen atoms in total. The van der Waals surface area contributed by atoms with Crippen LogP contribution in [0.25, 0.3) is 0 Å². The van der Waals surface area contributed by atoms with E-state index in [1.807, 2.05) is 42.5 Å². The van der Waals surface area contributed by atoms with Crippen molar-refractivity contribution in [3.8, 4) is 0 Å². The first kappa shape index (κ1) is 29.8. The fourth-order valence-corrected chi connectivity index (χ4v) is 4.29. The number of aromatic nitrogens is 1. The molecule has 1 aromatic heterocycles. The number of rotatable bonds is 16. The molecule has 0 spiro atoms. The van der Waals surface area contributed by atoms with Crippen molar-refractivity contribution in [2.75, 3.05) is 16.6 Å². The van der Waals surface area contributed by atoms with Gasteiger partial charge in [0.05, 0.1) is 11.4 Å². The molecule has 1 heterocycles. The van der Waals surface area contributed by atoms with Crippen molar-refractivity contribution in [1.82, 2.24) is 4.98 Å². The maximum absolute atomic E-state index is 14.6. The molecule has 0 bridgehead atoms. The highest BCUT2D eigenvalue weighted by Crippen LogP contribution is 2.33. The third-order valence-corrected chi connectivity index (χ3v) is 6.48. The molecular weight excluding hydrogens is 464 g/mol. The van der Waals surface area contributed by atoms with Gasteiger partial charge in [0.1, 0.15) is 0 Å². The lowest BCUT2D eigenvalue weighted by Gasteiger charge is -2.17. The Kier molecular flexibility index (Phi) is 16.3. The molecule has 5 heteroatoms. The SMILES string of the molecule is CCCCCCCCCCCCCCP.FN(c1ccccn1)c1ccccc1Nc1ccccc1. The predicted octanol–water partition coefficient (Wildman–Crippen LogP) is 10.4. The van der Waals surface area contributed by atoms with Gasteiger partial charge in [0.15, 0.2) is 5.82 Å². The highest BCUT2D eigenvalue weighted by atomic mass is 31.0. The second kappa shape index (κ2) is 19.7. The van der Waals surface area contributed by atoms with E-state index in [2.05, 4.69) is 26.5 Å². The zero-order valence-electron chi connectivity index (χ0n) is 22.0. The fourth-order valence-electron chi connectivity index (χ4n) is 4.01. The number of halogens is 1. The molecule has 0 radical (unpaired) electrons. The predicted molar refractivity (Wildman–Crippen MR) is 159 cm³/mol. The van der Waals surface area contributed by atoms with Crippen molar-refractivity contribution in [2.45, 2.75) is 84.0 Å². The Labute approximate surface area is 221 Å². The number of nitrogens with one attached hydrogen (secondary N) is 1. The summed E-state index contributed by atoms with van der Waals surface area (Å²) in [6.45, 7) is 2.29. The topological polar surface area (TPSA) is 28.2 Å². The van der Waals surface area contributed by atoms with Gasteiger partial charge in [0.2, 0.25) is 0 Å². The molecule has 1 unspecified atom stereocenters. The maximum Gasteiger partial charge on any atom is 0.163 e. The Hall–Kier alpha value is -2.45. The Morgan fingerprint density at radius 3 is 1.83 bits per heavy atom. The first-order valence-corrected chi connectivity index (χ1v) is 14.6. The van der Waals surface area contributed by atoms with Crippen molar-refractivity contribution in [3.05, 3.63) is 79.0 Å². The summed E-state index contributed by atoms with van der Waals surface area (Å²) in [5.41, 5.74) is 2.00. The molecule has 0 amide bonds. The molecule has 0 saturated carbocycles. The molecule has 0 fully saturated rings. The molecule has 0 aliphatic rings. The average Bonchev–Trinajstić information content (AvgIpc) is 2.93. The molecule has 1 N–H and O–H groups in total. The minimum Gasteiger partial charge on any atom is -0.354 e. The third-order valence-electron chi connectivity index (χ3n) is 6.08. The molecule has 196 valence electrons. The summed E-state index contributed by atoms with van der Waals surface area (Å²) in [5, 5.41) is 3.79. The summed E-state index contributed by atoms with van der Waals surface area (Å²) < 4.78 is 14.6. The summed E-state index contributed by atoms with van der Waals surface area (Å²) in [6.07, 6.45) is 20.3. The first-order valence-electron chi connectivity index (χ1n) is 13.7. The molecule has 0 aliphatic carbocycles. The van der Waals surface area contributed by atoms with Gasteiger partial charge in [0, 0.05) is 11.9 Å². The number of benzene rings is 2. The summed E-state index contributed by atoms with van der Waals surface area (Å²) in [6, 6.07) is 22.0. The van der Waals surface area contributed by atoms with Crippen LogP contribution in [-0.4, -0.2) is 11.1 Å². The second-order valence-electron chi connectivity index (χ2n) is 9.15. The van der Waals surface area contributed by atoms with Crippen molar-refractivity contribution >= 4 is 32.1 Å². The molecule has 36 heavy (non-hydrogen) atoms. The van der Waals surface area contributed by atoms with Crippen molar-refractivity contribution < 1.29 is 4.48 Å². The molecular formula is C31H45FN3P. The van der Waals surface area contributed by atoms with Crippen molar-refractivity contribution in [3.63, 3.8) is 0 Å². The largest absolute Gasteiger partial charge is 0.354 e. The molecule has 1 atom stereocenters. The Balaban J connectivity index is 0.000000271. The van der Waals surface area contributed by atoms with Gasteiger partial charge >= 0.3 is 0 Å². The van der Waals surface area contributed by atoms with E-state index >= 15 is 0 Å². The molecule has 0 saturated heterocycles. The monoisotopic (exact) mass is 509 g/mol. The van der Waals surface area contributed by atoms with Crippen LogP contribution < -0.4 is 10.4 Å². The zero-order valence-corrected chi connectivity index (χ0v) is 23.2. The number of nitrogens with zero attached hydrogens (tertiary/aromatic N) is 2. The molecule has 3 aromatic rings.